The van der Waals surface area contributed by atoms with Gasteiger partial charge in [-0.15, -0.1) is 0 Å². The molecule has 1 aromatic heterocycles. The molecule has 0 fully saturated rings. The largest absolute Gasteiger partial charge is 0.462 e. The molecule has 0 aromatic carbocycles. The van der Waals surface area contributed by atoms with E-state index in [4.69, 9.17) is 9.47 Å². The van der Waals surface area contributed by atoms with Crippen molar-refractivity contribution in [3.63, 3.8) is 0 Å². The molecule has 0 N–H and O–H groups in total. The predicted octanol–water partition coefficient (Wildman–Crippen LogP) is 8.82. The number of ether oxygens (including phenoxy) is 2. The van der Waals surface area contributed by atoms with Crippen molar-refractivity contribution in [2.24, 2.45) is 0 Å². The van der Waals surface area contributed by atoms with E-state index in [0.29, 0.717) is 24.8 Å². The zero-order chi connectivity index (χ0) is 28.6. The van der Waals surface area contributed by atoms with Crippen LogP contribution in [-0.4, -0.2) is 28.6 Å². The third kappa shape index (κ3) is 19.3. The maximum absolute atomic E-state index is 12.3. The van der Waals surface area contributed by atoms with Gasteiger partial charge in [0.1, 0.15) is 11.7 Å². The van der Waals surface area contributed by atoms with Gasteiger partial charge in [0, 0.05) is 25.2 Å². The van der Waals surface area contributed by atoms with Crippen LogP contribution in [0.1, 0.15) is 95.8 Å². The molecular weight excluding hydrogens is 486 g/mol. The SMILES string of the molecule is CC/C=C\C/C=C\C/C=C\C/C=C\C/C=C\C/C=C\CCC(=O)OC(C)CC(C)(C)OC(=O)c1cccnc1. The fourth-order valence-electron chi connectivity index (χ4n) is 3.69. The van der Waals surface area contributed by atoms with E-state index in [1.807, 2.05) is 26.8 Å². The first-order chi connectivity index (χ1) is 18.8. The Morgan fingerprint density at radius 2 is 1.36 bits per heavy atom. The number of pyridine rings is 1. The summed E-state index contributed by atoms with van der Waals surface area (Å²) in [4.78, 5) is 28.4. The zero-order valence-electron chi connectivity index (χ0n) is 24.3. The van der Waals surface area contributed by atoms with Crippen LogP contribution in [0.2, 0.25) is 0 Å². The first-order valence-electron chi connectivity index (χ1n) is 14.1. The number of esters is 2. The average Bonchev–Trinajstić information content (AvgIpc) is 2.89. The third-order valence-corrected chi connectivity index (χ3v) is 5.49. The van der Waals surface area contributed by atoms with Crippen LogP contribution in [0.5, 0.6) is 0 Å². The Morgan fingerprint density at radius 3 is 1.85 bits per heavy atom. The van der Waals surface area contributed by atoms with Crippen molar-refractivity contribution in [2.45, 2.75) is 97.2 Å². The van der Waals surface area contributed by atoms with Crippen LogP contribution in [0.3, 0.4) is 0 Å². The van der Waals surface area contributed by atoms with E-state index in [9.17, 15) is 9.59 Å². The summed E-state index contributed by atoms with van der Waals surface area (Å²) in [5.74, 6) is -0.694. The molecule has 5 heteroatoms. The lowest BCUT2D eigenvalue weighted by atomic mass is 10.0. The molecule has 212 valence electrons. The first kappa shape index (κ1) is 33.6. The first-order valence-corrected chi connectivity index (χ1v) is 14.1. The fourth-order valence-corrected chi connectivity index (χ4v) is 3.69. The van der Waals surface area contributed by atoms with E-state index in [1.54, 1.807) is 18.3 Å². The second-order valence-electron chi connectivity index (χ2n) is 9.85. The van der Waals surface area contributed by atoms with Gasteiger partial charge in [0.25, 0.3) is 0 Å². The standard InChI is InChI=1S/C34H47NO4/c1-5-6-7-8-9-10-11-12-13-14-15-16-17-18-19-20-21-22-23-26-32(36)38-30(2)28-34(3,4)39-33(37)31-25-24-27-35-29-31/h6-7,9-10,12-13,15-16,18-19,21-22,24-25,27,29-30H,5,8,11,14,17,20,23,26,28H2,1-4H3/b7-6-,10-9-,13-12-,16-15-,19-18-,22-21-. The van der Waals surface area contributed by atoms with Gasteiger partial charge in [-0.1, -0.05) is 79.8 Å². The Morgan fingerprint density at radius 1 is 0.846 bits per heavy atom. The lowest BCUT2D eigenvalue weighted by Crippen LogP contribution is -2.33. The van der Waals surface area contributed by atoms with Gasteiger partial charge in [0.05, 0.1) is 5.56 Å². The van der Waals surface area contributed by atoms with Crippen molar-refractivity contribution in [3.8, 4) is 0 Å². The summed E-state index contributed by atoms with van der Waals surface area (Å²) < 4.78 is 11.1. The number of carbonyl (C=O) groups is 2. The molecule has 0 aliphatic carbocycles. The highest BCUT2D eigenvalue weighted by atomic mass is 16.6. The van der Waals surface area contributed by atoms with Crippen LogP contribution in [0.15, 0.2) is 97.4 Å². The lowest BCUT2D eigenvalue weighted by molar-refractivity contribution is -0.150. The van der Waals surface area contributed by atoms with Gasteiger partial charge >= 0.3 is 11.9 Å². The van der Waals surface area contributed by atoms with Gasteiger partial charge in [-0.2, -0.15) is 0 Å². The van der Waals surface area contributed by atoms with Crippen LogP contribution >= 0.6 is 0 Å². The minimum absolute atomic E-state index is 0.253. The summed E-state index contributed by atoms with van der Waals surface area (Å²) in [6.07, 6.45) is 35.8. The lowest BCUT2D eigenvalue weighted by Gasteiger charge is -2.28. The van der Waals surface area contributed by atoms with Gasteiger partial charge in [0.15, 0.2) is 0 Å². The molecule has 0 radical (unpaired) electrons. The quantitative estimate of drug-likeness (QED) is 0.131. The van der Waals surface area contributed by atoms with E-state index in [1.165, 1.54) is 6.20 Å². The van der Waals surface area contributed by atoms with E-state index >= 15 is 0 Å². The van der Waals surface area contributed by atoms with E-state index in [-0.39, 0.29) is 12.1 Å². The van der Waals surface area contributed by atoms with E-state index in [0.717, 1.165) is 38.5 Å². The highest BCUT2D eigenvalue weighted by Crippen LogP contribution is 2.21. The zero-order valence-corrected chi connectivity index (χ0v) is 24.3. The highest BCUT2D eigenvalue weighted by molar-refractivity contribution is 5.89. The number of rotatable bonds is 19. The summed E-state index contributed by atoms with van der Waals surface area (Å²) >= 11 is 0. The summed E-state index contributed by atoms with van der Waals surface area (Å²) in [6.45, 7) is 7.58. The molecule has 0 spiro atoms. The Kier molecular flexibility index (Phi) is 18.5. The van der Waals surface area contributed by atoms with Crippen LogP contribution in [-0.2, 0) is 14.3 Å². The molecule has 1 aromatic rings. The van der Waals surface area contributed by atoms with E-state index in [2.05, 4.69) is 78.7 Å². The molecule has 0 bridgehead atoms. The van der Waals surface area contributed by atoms with Gasteiger partial charge < -0.3 is 9.47 Å². The van der Waals surface area contributed by atoms with Gasteiger partial charge in [-0.3, -0.25) is 9.78 Å². The fraction of sp³-hybridized carbons (Fsp3) is 0.441. The molecule has 0 amide bonds. The summed E-state index contributed by atoms with van der Waals surface area (Å²) in [5, 5.41) is 0. The second-order valence-corrected chi connectivity index (χ2v) is 9.85. The Hall–Kier alpha value is -3.47. The highest BCUT2D eigenvalue weighted by Gasteiger charge is 2.27. The molecule has 0 saturated carbocycles. The van der Waals surface area contributed by atoms with Crippen LogP contribution in [0, 0.1) is 0 Å². The van der Waals surface area contributed by atoms with Crippen molar-refractivity contribution < 1.29 is 19.1 Å². The van der Waals surface area contributed by atoms with E-state index < -0.39 is 11.6 Å². The molecule has 1 heterocycles. The molecule has 1 atom stereocenters. The summed E-state index contributed by atoms with van der Waals surface area (Å²) in [6, 6.07) is 3.34. The van der Waals surface area contributed by atoms with Crippen molar-refractivity contribution >= 4 is 11.9 Å². The summed E-state index contributed by atoms with van der Waals surface area (Å²) in [5.41, 5.74) is -0.375. The van der Waals surface area contributed by atoms with Gasteiger partial charge in [-0.05, 0) is 77.8 Å². The minimum Gasteiger partial charge on any atom is -0.462 e. The number of carbonyl (C=O) groups excluding carboxylic acids is 2. The second kappa shape index (κ2) is 21.5. The molecule has 5 nitrogen and oxygen atoms in total. The van der Waals surface area contributed by atoms with Gasteiger partial charge in [-0.25, -0.2) is 4.79 Å². The number of allylic oxidation sites excluding steroid dienone is 12. The molecule has 0 aliphatic heterocycles. The minimum atomic E-state index is -0.770. The van der Waals surface area contributed by atoms with Crippen LogP contribution < -0.4 is 0 Å². The molecular formula is C34H47NO4. The number of hydrogen-bond acceptors (Lipinski definition) is 5. The number of nitrogens with zero attached hydrogens (tertiary/aromatic N) is 1. The van der Waals surface area contributed by atoms with Gasteiger partial charge in [0.2, 0.25) is 0 Å². The van der Waals surface area contributed by atoms with Crippen molar-refractivity contribution in [2.75, 3.05) is 0 Å². The topological polar surface area (TPSA) is 65.5 Å². The van der Waals surface area contributed by atoms with Crippen LogP contribution in [0.25, 0.3) is 0 Å². The molecule has 1 rings (SSSR count). The Balaban J connectivity index is 2.12. The molecule has 0 aliphatic rings. The molecule has 1 unspecified atom stereocenters. The van der Waals surface area contributed by atoms with Crippen molar-refractivity contribution in [1.82, 2.24) is 4.98 Å². The number of aromatic nitrogens is 1. The molecule has 39 heavy (non-hydrogen) atoms. The summed E-state index contributed by atoms with van der Waals surface area (Å²) in [7, 11) is 0. The third-order valence-electron chi connectivity index (χ3n) is 5.49. The Bertz CT molecular complexity index is 984. The van der Waals surface area contributed by atoms with Crippen LogP contribution in [0.4, 0.5) is 0 Å². The Labute approximate surface area is 236 Å². The smallest absolute Gasteiger partial charge is 0.340 e. The maximum Gasteiger partial charge on any atom is 0.340 e. The van der Waals surface area contributed by atoms with Crippen molar-refractivity contribution in [3.05, 3.63) is 103 Å². The average molecular weight is 534 g/mol. The van der Waals surface area contributed by atoms with Crippen molar-refractivity contribution in [1.29, 1.82) is 0 Å². The predicted molar refractivity (Wildman–Crippen MR) is 161 cm³/mol. The monoisotopic (exact) mass is 533 g/mol. The molecule has 0 saturated heterocycles. The number of hydrogen-bond donors (Lipinski definition) is 0. The normalized spacial score (nSPS) is 13.5. The maximum atomic E-state index is 12.3.